The van der Waals surface area contributed by atoms with Crippen LogP contribution in [-0.2, 0) is 0 Å². The van der Waals surface area contributed by atoms with Crippen LogP contribution in [0.2, 0.25) is 5.02 Å². The topological polar surface area (TPSA) is 88.4 Å². The maximum atomic E-state index is 12.9. The summed E-state index contributed by atoms with van der Waals surface area (Å²) in [6.07, 6.45) is 0. The van der Waals surface area contributed by atoms with Crippen LogP contribution in [-0.4, -0.2) is 46.4 Å². The highest BCUT2D eigenvalue weighted by atomic mass is 35.5. The Morgan fingerprint density at radius 1 is 1.28 bits per heavy atom. The highest BCUT2D eigenvalue weighted by Gasteiger charge is 2.22. The zero-order valence-corrected chi connectivity index (χ0v) is 16.5. The van der Waals surface area contributed by atoms with Gasteiger partial charge < -0.3 is 10.2 Å². The fourth-order valence-electron chi connectivity index (χ4n) is 3.55. The van der Waals surface area contributed by atoms with Crippen LogP contribution in [0.4, 0.5) is 5.69 Å². The molecule has 8 heteroatoms. The lowest BCUT2D eigenvalue weighted by Crippen LogP contribution is -2.51. The van der Waals surface area contributed by atoms with Gasteiger partial charge in [0.15, 0.2) is 0 Å². The predicted octanol–water partition coefficient (Wildman–Crippen LogP) is 3.90. The molecule has 4 rings (SSSR count). The van der Waals surface area contributed by atoms with Gasteiger partial charge in [0.2, 0.25) is 0 Å². The molecule has 2 heterocycles. The fourth-order valence-corrected chi connectivity index (χ4v) is 3.81. The SMILES string of the molecule is C[C@@H]1CN(C(=O)c2ccc3c(Cl)cc(-c4cccc([N+](=O)[O-])c4)nc3c2)CCN1. The molecule has 148 valence electrons. The van der Waals surface area contributed by atoms with E-state index in [0.717, 1.165) is 11.9 Å². The van der Waals surface area contributed by atoms with Crippen molar-refractivity contribution in [2.45, 2.75) is 13.0 Å². The monoisotopic (exact) mass is 410 g/mol. The lowest BCUT2D eigenvalue weighted by Gasteiger charge is -2.32. The lowest BCUT2D eigenvalue weighted by molar-refractivity contribution is -0.384. The van der Waals surface area contributed by atoms with Crippen LogP contribution in [0.1, 0.15) is 17.3 Å². The van der Waals surface area contributed by atoms with E-state index in [1.54, 1.807) is 36.4 Å². The summed E-state index contributed by atoms with van der Waals surface area (Å²) in [5.74, 6) is -0.0427. The van der Waals surface area contributed by atoms with E-state index in [4.69, 9.17) is 11.6 Å². The molecule has 0 bridgehead atoms. The molecule has 7 nitrogen and oxygen atoms in total. The first kappa shape index (κ1) is 19.3. The van der Waals surface area contributed by atoms with E-state index < -0.39 is 4.92 Å². The van der Waals surface area contributed by atoms with Gasteiger partial charge >= 0.3 is 0 Å². The van der Waals surface area contributed by atoms with E-state index in [2.05, 4.69) is 10.3 Å². The summed E-state index contributed by atoms with van der Waals surface area (Å²) in [7, 11) is 0. The van der Waals surface area contributed by atoms with Crippen LogP contribution in [0.3, 0.4) is 0 Å². The Morgan fingerprint density at radius 2 is 2.10 bits per heavy atom. The molecule has 1 atom stereocenters. The quantitative estimate of drug-likeness (QED) is 0.522. The Morgan fingerprint density at radius 3 is 2.86 bits per heavy atom. The molecule has 0 unspecified atom stereocenters. The van der Waals surface area contributed by atoms with Crippen molar-refractivity contribution in [1.82, 2.24) is 15.2 Å². The molecule has 1 saturated heterocycles. The number of carbonyl (C=O) groups excluding carboxylic acids is 1. The number of fused-ring (bicyclic) bond motifs is 1. The van der Waals surface area contributed by atoms with Gasteiger partial charge in [0, 0.05) is 54.3 Å². The van der Waals surface area contributed by atoms with E-state index in [1.165, 1.54) is 12.1 Å². The number of nitro groups is 1. The number of halogens is 1. The van der Waals surface area contributed by atoms with Crippen molar-refractivity contribution in [2.24, 2.45) is 0 Å². The summed E-state index contributed by atoms with van der Waals surface area (Å²) in [5.41, 5.74) is 2.22. The second kappa shape index (κ2) is 7.77. The van der Waals surface area contributed by atoms with Gasteiger partial charge in [-0.25, -0.2) is 4.98 Å². The molecule has 2 aromatic carbocycles. The van der Waals surface area contributed by atoms with Crippen LogP contribution in [0, 0.1) is 10.1 Å². The molecule has 1 amide bonds. The zero-order valence-electron chi connectivity index (χ0n) is 15.8. The van der Waals surface area contributed by atoms with Gasteiger partial charge in [0.05, 0.1) is 21.2 Å². The Hall–Kier alpha value is -3.03. The molecule has 0 radical (unpaired) electrons. The van der Waals surface area contributed by atoms with Crippen LogP contribution in [0.15, 0.2) is 48.5 Å². The van der Waals surface area contributed by atoms with Gasteiger partial charge in [-0.1, -0.05) is 29.8 Å². The molecule has 0 aliphatic carbocycles. The van der Waals surface area contributed by atoms with Crippen molar-refractivity contribution in [3.8, 4) is 11.3 Å². The van der Waals surface area contributed by atoms with Crippen molar-refractivity contribution >= 4 is 34.1 Å². The fraction of sp³-hybridized carbons (Fsp3) is 0.238. The number of hydrogen-bond donors (Lipinski definition) is 1. The molecule has 0 spiro atoms. The number of nitrogens with zero attached hydrogens (tertiary/aromatic N) is 3. The van der Waals surface area contributed by atoms with Crippen LogP contribution in [0.5, 0.6) is 0 Å². The summed E-state index contributed by atoms with van der Waals surface area (Å²) in [6, 6.07) is 13.5. The summed E-state index contributed by atoms with van der Waals surface area (Å²) in [5, 5.41) is 15.6. The Labute approximate surface area is 172 Å². The number of rotatable bonds is 3. The highest BCUT2D eigenvalue weighted by Crippen LogP contribution is 2.30. The van der Waals surface area contributed by atoms with Crippen molar-refractivity contribution in [1.29, 1.82) is 0 Å². The number of aromatic nitrogens is 1. The number of piperazine rings is 1. The number of carbonyl (C=O) groups is 1. The largest absolute Gasteiger partial charge is 0.336 e. The minimum Gasteiger partial charge on any atom is -0.336 e. The number of benzene rings is 2. The van der Waals surface area contributed by atoms with Gasteiger partial charge in [0.25, 0.3) is 11.6 Å². The maximum absolute atomic E-state index is 12.9. The molecule has 29 heavy (non-hydrogen) atoms. The van der Waals surface area contributed by atoms with Gasteiger partial charge in [0.1, 0.15) is 0 Å². The molecule has 1 aliphatic rings. The minimum atomic E-state index is -0.447. The first-order valence-corrected chi connectivity index (χ1v) is 9.68. The maximum Gasteiger partial charge on any atom is 0.270 e. The van der Waals surface area contributed by atoms with Crippen molar-refractivity contribution in [3.05, 3.63) is 69.2 Å². The minimum absolute atomic E-state index is 0.0164. The molecule has 1 fully saturated rings. The summed E-state index contributed by atoms with van der Waals surface area (Å²) in [4.78, 5) is 30.0. The van der Waals surface area contributed by atoms with E-state index in [-0.39, 0.29) is 17.6 Å². The molecular weight excluding hydrogens is 392 g/mol. The second-order valence-corrected chi connectivity index (χ2v) is 7.54. The normalized spacial score (nSPS) is 16.8. The summed E-state index contributed by atoms with van der Waals surface area (Å²) in [6.45, 7) is 4.12. The second-order valence-electron chi connectivity index (χ2n) is 7.14. The van der Waals surface area contributed by atoms with Crippen molar-refractivity contribution in [2.75, 3.05) is 19.6 Å². The third kappa shape index (κ3) is 3.92. The van der Waals surface area contributed by atoms with Crippen LogP contribution < -0.4 is 5.32 Å². The Bertz CT molecular complexity index is 1120. The predicted molar refractivity (Wildman–Crippen MR) is 112 cm³/mol. The molecule has 1 aromatic heterocycles. The summed E-state index contributed by atoms with van der Waals surface area (Å²) >= 11 is 6.44. The zero-order chi connectivity index (χ0) is 20.5. The number of non-ortho nitro benzene ring substituents is 1. The molecule has 3 aromatic rings. The smallest absolute Gasteiger partial charge is 0.270 e. The Balaban J connectivity index is 1.73. The highest BCUT2D eigenvalue weighted by molar-refractivity contribution is 6.35. The third-order valence-corrected chi connectivity index (χ3v) is 5.33. The van der Waals surface area contributed by atoms with Gasteiger partial charge in [-0.05, 0) is 25.1 Å². The number of nitrogens with one attached hydrogen (secondary N) is 1. The molecule has 1 N–H and O–H groups in total. The van der Waals surface area contributed by atoms with E-state index >= 15 is 0 Å². The van der Waals surface area contributed by atoms with Crippen LogP contribution >= 0.6 is 11.6 Å². The summed E-state index contributed by atoms with van der Waals surface area (Å²) < 4.78 is 0. The molecule has 1 aliphatic heterocycles. The Kier molecular flexibility index (Phi) is 5.17. The van der Waals surface area contributed by atoms with Gasteiger partial charge in [-0.3, -0.25) is 14.9 Å². The molecular formula is C21H19ClN4O3. The first-order valence-electron chi connectivity index (χ1n) is 9.30. The first-order chi connectivity index (χ1) is 13.9. The van der Waals surface area contributed by atoms with E-state index in [0.29, 0.717) is 40.4 Å². The third-order valence-electron chi connectivity index (χ3n) is 5.02. The van der Waals surface area contributed by atoms with E-state index in [1.807, 2.05) is 11.8 Å². The number of pyridine rings is 1. The molecule has 0 saturated carbocycles. The number of hydrogen-bond acceptors (Lipinski definition) is 5. The van der Waals surface area contributed by atoms with Gasteiger partial charge in [-0.2, -0.15) is 0 Å². The number of amides is 1. The van der Waals surface area contributed by atoms with Gasteiger partial charge in [-0.15, -0.1) is 0 Å². The average Bonchev–Trinajstić information content (AvgIpc) is 2.72. The van der Waals surface area contributed by atoms with Crippen molar-refractivity contribution in [3.63, 3.8) is 0 Å². The number of nitro benzene ring substituents is 1. The lowest BCUT2D eigenvalue weighted by atomic mass is 10.1. The van der Waals surface area contributed by atoms with Crippen molar-refractivity contribution < 1.29 is 9.72 Å². The standard InChI is InChI=1S/C21H19ClN4O3/c1-13-12-25(8-7-23-13)21(27)15-5-6-17-18(22)11-19(24-20(17)10-15)14-3-2-4-16(9-14)26(28)29/h2-6,9-11,13,23H,7-8,12H2,1H3/t13-/m1/s1. The van der Waals surface area contributed by atoms with E-state index in [9.17, 15) is 14.9 Å². The average molecular weight is 411 g/mol. The van der Waals surface area contributed by atoms with Crippen LogP contribution in [0.25, 0.3) is 22.2 Å².